The average Bonchev–Trinajstić information content (AvgIpc) is 2.31. The predicted octanol–water partition coefficient (Wildman–Crippen LogP) is 3.14. The van der Waals surface area contributed by atoms with Crippen LogP contribution in [0.1, 0.15) is 20.3 Å². The Morgan fingerprint density at radius 1 is 1.24 bits per heavy atom. The number of amides is 3. The van der Waals surface area contributed by atoms with E-state index < -0.39 is 23.3 Å². The first kappa shape index (κ1) is 17.3. The summed E-state index contributed by atoms with van der Waals surface area (Å²) in [4.78, 5) is 34.1. The van der Waals surface area contributed by atoms with Gasteiger partial charge in [0.15, 0.2) is 0 Å². The van der Waals surface area contributed by atoms with Crippen LogP contribution in [0.3, 0.4) is 0 Å². The molecule has 0 spiro atoms. The molecule has 0 aliphatic carbocycles. The normalized spacial score (nSPS) is 10.9. The second kappa shape index (κ2) is 6.78. The fourth-order valence-corrected chi connectivity index (χ4v) is 1.85. The second-order valence-corrected chi connectivity index (χ2v) is 5.84. The molecule has 0 aromatic heterocycles. The van der Waals surface area contributed by atoms with Crippen molar-refractivity contribution in [1.29, 1.82) is 0 Å². The number of halogens is 2. The molecule has 6 nitrogen and oxygen atoms in total. The van der Waals surface area contributed by atoms with Crippen LogP contribution < -0.4 is 10.6 Å². The first-order chi connectivity index (χ1) is 9.61. The number of carbonyl (C=O) groups excluding carboxylic acids is 2. The van der Waals surface area contributed by atoms with Crippen molar-refractivity contribution in [1.82, 2.24) is 5.32 Å². The minimum atomic E-state index is -1.26. The molecule has 1 aromatic carbocycles. The minimum Gasteiger partial charge on any atom is -0.481 e. The average molecular weight is 333 g/mol. The summed E-state index contributed by atoms with van der Waals surface area (Å²) >= 11 is 11.6. The molecule has 0 saturated heterocycles. The third-order valence-corrected chi connectivity index (χ3v) is 3.16. The van der Waals surface area contributed by atoms with E-state index in [2.05, 4.69) is 5.32 Å². The molecular formula is C13H14Cl2N2O4. The van der Waals surface area contributed by atoms with Crippen molar-refractivity contribution in [2.45, 2.75) is 20.3 Å². The maximum Gasteiger partial charge on any atom is 0.325 e. The summed E-state index contributed by atoms with van der Waals surface area (Å²) in [7, 11) is 0. The monoisotopic (exact) mass is 332 g/mol. The van der Waals surface area contributed by atoms with Gasteiger partial charge in [-0.15, -0.1) is 0 Å². The van der Waals surface area contributed by atoms with Crippen LogP contribution >= 0.6 is 23.2 Å². The van der Waals surface area contributed by atoms with Crippen molar-refractivity contribution in [2.24, 2.45) is 5.41 Å². The number of benzene rings is 1. The van der Waals surface area contributed by atoms with Crippen LogP contribution in [0.5, 0.6) is 0 Å². The van der Waals surface area contributed by atoms with Gasteiger partial charge in [0.25, 0.3) is 0 Å². The lowest BCUT2D eigenvalue weighted by Crippen LogP contribution is -2.38. The van der Waals surface area contributed by atoms with Gasteiger partial charge in [-0.3, -0.25) is 14.9 Å². The zero-order chi connectivity index (χ0) is 16.2. The minimum absolute atomic E-state index is 0.218. The van der Waals surface area contributed by atoms with Crippen LogP contribution in [0.4, 0.5) is 10.5 Å². The third kappa shape index (κ3) is 5.24. The molecule has 0 aliphatic heterocycles. The maximum absolute atomic E-state index is 11.6. The summed E-state index contributed by atoms with van der Waals surface area (Å²) in [6, 6.07) is 3.65. The molecule has 21 heavy (non-hydrogen) atoms. The highest BCUT2D eigenvalue weighted by atomic mass is 35.5. The molecule has 3 N–H and O–H groups in total. The van der Waals surface area contributed by atoms with Gasteiger partial charge in [0.2, 0.25) is 5.91 Å². The molecule has 0 bridgehead atoms. The number of nitrogens with one attached hydrogen (secondary N) is 2. The first-order valence-electron chi connectivity index (χ1n) is 5.91. The Morgan fingerprint density at radius 3 is 2.38 bits per heavy atom. The van der Waals surface area contributed by atoms with Crippen molar-refractivity contribution < 1.29 is 19.5 Å². The number of carboxylic acids is 1. The van der Waals surface area contributed by atoms with Gasteiger partial charge < -0.3 is 10.4 Å². The molecule has 1 rings (SSSR count). The molecule has 1 aromatic rings. The summed E-state index contributed by atoms with van der Waals surface area (Å²) in [6.45, 7) is 2.78. The molecule has 3 amide bonds. The van der Waals surface area contributed by atoms with Gasteiger partial charge in [-0.05, 0) is 32.0 Å². The van der Waals surface area contributed by atoms with Crippen LogP contribution in [-0.4, -0.2) is 23.0 Å². The summed E-state index contributed by atoms with van der Waals surface area (Å²) < 4.78 is 0. The van der Waals surface area contributed by atoms with E-state index in [9.17, 15) is 14.4 Å². The number of rotatable bonds is 4. The van der Waals surface area contributed by atoms with Crippen molar-refractivity contribution in [2.75, 3.05) is 5.32 Å². The van der Waals surface area contributed by atoms with E-state index in [1.807, 2.05) is 5.32 Å². The molecule has 114 valence electrons. The molecule has 0 aliphatic rings. The Balaban J connectivity index is 2.61. The Labute approximate surface area is 131 Å². The van der Waals surface area contributed by atoms with Gasteiger partial charge in [-0.1, -0.05) is 23.2 Å². The van der Waals surface area contributed by atoms with Crippen LogP contribution in [0.15, 0.2) is 18.2 Å². The van der Waals surface area contributed by atoms with Crippen LogP contribution in [0.25, 0.3) is 0 Å². The van der Waals surface area contributed by atoms with E-state index in [-0.39, 0.29) is 17.1 Å². The lowest BCUT2D eigenvalue weighted by atomic mass is 9.89. The smallest absolute Gasteiger partial charge is 0.325 e. The Bertz CT molecular complexity index is 588. The summed E-state index contributed by atoms with van der Waals surface area (Å²) in [6.07, 6.45) is -0.329. The van der Waals surface area contributed by atoms with Crippen molar-refractivity contribution in [3.05, 3.63) is 28.2 Å². The predicted molar refractivity (Wildman–Crippen MR) is 79.7 cm³/mol. The fourth-order valence-electron chi connectivity index (χ4n) is 1.39. The van der Waals surface area contributed by atoms with Crippen LogP contribution in [0, 0.1) is 5.41 Å². The van der Waals surface area contributed by atoms with E-state index >= 15 is 0 Å². The molecule has 0 saturated carbocycles. The highest BCUT2D eigenvalue weighted by Crippen LogP contribution is 2.25. The van der Waals surface area contributed by atoms with Crippen LogP contribution in [0.2, 0.25) is 10.0 Å². The molecule has 0 atom stereocenters. The van der Waals surface area contributed by atoms with E-state index in [4.69, 9.17) is 28.3 Å². The third-order valence-electron chi connectivity index (χ3n) is 2.61. The molecule has 0 heterocycles. The highest BCUT2D eigenvalue weighted by molar-refractivity contribution is 6.36. The number of imide groups is 1. The SMILES string of the molecule is CC(C)(CC(=O)NC(=O)Nc1ccc(Cl)cc1Cl)C(=O)O. The topological polar surface area (TPSA) is 95.5 Å². The zero-order valence-corrected chi connectivity index (χ0v) is 12.9. The lowest BCUT2D eigenvalue weighted by molar-refractivity contribution is -0.149. The van der Waals surface area contributed by atoms with Gasteiger partial charge in [0, 0.05) is 11.4 Å². The Kier molecular flexibility index (Phi) is 5.57. The van der Waals surface area contributed by atoms with Crippen molar-refractivity contribution in [3.63, 3.8) is 0 Å². The van der Waals surface area contributed by atoms with Gasteiger partial charge in [-0.2, -0.15) is 0 Å². The summed E-state index contributed by atoms with van der Waals surface area (Å²) in [5.41, 5.74) is -0.980. The van der Waals surface area contributed by atoms with E-state index in [1.165, 1.54) is 32.0 Å². The number of carboxylic acid groups (broad SMARTS) is 1. The molecular weight excluding hydrogens is 319 g/mol. The standard InChI is InChI=1S/C13H14Cl2N2O4/c1-13(2,11(19)20)6-10(18)17-12(21)16-9-4-3-7(14)5-8(9)15/h3-5H,6H2,1-2H3,(H,19,20)(H2,16,17,18,21). The number of carbonyl (C=O) groups is 3. The Morgan fingerprint density at radius 2 is 1.86 bits per heavy atom. The Hall–Kier alpha value is -1.79. The number of aliphatic carboxylic acids is 1. The second-order valence-electron chi connectivity index (χ2n) is 4.99. The summed E-state index contributed by atoms with van der Waals surface area (Å²) in [5.74, 6) is -1.83. The number of hydrogen-bond acceptors (Lipinski definition) is 3. The first-order valence-corrected chi connectivity index (χ1v) is 6.67. The van der Waals surface area contributed by atoms with Crippen molar-refractivity contribution >= 4 is 46.8 Å². The largest absolute Gasteiger partial charge is 0.481 e. The fraction of sp³-hybridized carbons (Fsp3) is 0.308. The molecule has 8 heteroatoms. The van der Waals surface area contributed by atoms with Gasteiger partial charge >= 0.3 is 12.0 Å². The summed E-state index contributed by atoms with van der Waals surface area (Å²) in [5, 5.41) is 13.9. The number of anilines is 1. The van der Waals surface area contributed by atoms with E-state index in [0.29, 0.717) is 5.02 Å². The van der Waals surface area contributed by atoms with Gasteiger partial charge in [0.05, 0.1) is 16.1 Å². The lowest BCUT2D eigenvalue weighted by Gasteiger charge is -2.18. The maximum atomic E-state index is 11.6. The molecule has 0 fully saturated rings. The number of hydrogen-bond donors (Lipinski definition) is 3. The van der Waals surface area contributed by atoms with Gasteiger partial charge in [-0.25, -0.2) is 4.79 Å². The van der Waals surface area contributed by atoms with E-state index in [0.717, 1.165) is 0 Å². The highest BCUT2D eigenvalue weighted by Gasteiger charge is 2.30. The number of urea groups is 1. The zero-order valence-electron chi connectivity index (χ0n) is 11.4. The van der Waals surface area contributed by atoms with E-state index in [1.54, 1.807) is 0 Å². The van der Waals surface area contributed by atoms with Crippen LogP contribution in [-0.2, 0) is 9.59 Å². The van der Waals surface area contributed by atoms with Gasteiger partial charge in [0.1, 0.15) is 0 Å². The molecule has 0 radical (unpaired) electrons. The quantitative estimate of drug-likeness (QED) is 0.789. The van der Waals surface area contributed by atoms with Crippen molar-refractivity contribution in [3.8, 4) is 0 Å². The molecule has 0 unspecified atom stereocenters.